The van der Waals surface area contributed by atoms with Gasteiger partial charge in [-0.1, -0.05) is 18.2 Å². The molecule has 1 aromatic carbocycles. The highest BCUT2D eigenvalue weighted by atomic mass is 32.2. The van der Waals surface area contributed by atoms with Gasteiger partial charge in [-0.15, -0.1) is 0 Å². The molecule has 1 aliphatic heterocycles. The highest BCUT2D eigenvalue weighted by Gasteiger charge is 2.25. The third kappa shape index (κ3) is 5.56. The van der Waals surface area contributed by atoms with E-state index in [1.165, 1.54) is 0 Å². The molecule has 0 aliphatic carbocycles. The van der Waals surface area contributed by atoms with Crippen molar-refractivity contribution in [2.45, 2.75) is 32.7 Å². The molecule has 3 rings (SSSR count). The number of aryl methyl sites for hydroxylation is 1. The number of carbonyl (C=O) groups excluding carboxylic acids is 2. The lowest BCUT2D eigenvalue weighted by Crippen LogP contribution is -2.48. The molecule has 9 heteroatoms. The van der Waals surface area contributed by atoms with E-state index in [2.05, 4.69) is 10.1 Å². The van der Waals surface area contributed by atoms with Crippen LogP contribution in [0.3, 0.4) is 0 Å². The molecule has 1 fully saturated rings. The maximum atomic E-state index is 12.9. The van der Waals surface area contributed by atoms with Gasteiger partial charge in [0.1, 0.15) is 0 Å². The molecule has 1 saturated heterocycles. The Balaban J connectivity index is 1.68. The van der Waals surface area contributed by atoms with Crippen molar-refractivity contribution >= 4 is 21.7 Å². The zero-order chi connectivity index (χ0) is 21.9. The topological polar surface area (TPSA) is 101 Å². The Morgan fingerprint density at radius 2 is 1.87 bits per heavy atom. The molecule has 2 heterocycles. The summed E-state index contributed by atoms with van der Waals surface area (Å²) in [6.45, 7) is 5.09. The van der Waals surface area contributed by atoms with Crippen LogP contribution in [0, 0.1) is 13.8 Å². The van der Waals surface area contributed by atoms with Crippen LogP contribution in [0.2, 0.25) is 0 Å². The molecule has 1 amide bonds. The minimum Gasteiger partial charge on any atom is -0.294 e. The molecular formula is C21H28N4O4S. The molecule has 30 heavy (non-hydrogen) atoms. The SMILES string of the molecule is Cc1cc(C(=O)CN2CCCC(NS(C)(=O)=O)C2)c(C)n1NC(=O)c1ccccc1. The summed E-state index contributed by atoms with van der Waals surface area (Å²) in [5.74, 6) is -0.301. The minimum atomic E-state index is -3.28. The lowest BCUT2D eigenvalue weighted by Gasteiger charge is -2.32. The predicted molar refractivity (Wildman–Crippen MR) is 116 cm³/mol. The molecule has 2 N–H and O–H groups in total. The Bertz CT molecular complexity index is 1030. The van der Waals surface area contributed by atoms with Gasteiger partial charge in [0.05, 0.1) is 12.8 Å². The fourth-order valence-corrected chi connectivity index (χ4v) is 4.66. The number of Topliss-reactive ketones (excluding diaryl/α,β-unsaturated/α-hetero) is 1. The number of benzene rings is 1. The first kappa shape index (κ1) is 22.2. The molecule has 0 bridgehead atoms. The number of aromatic nitrogens is 1. The molecule has 1 unspecified atom stereocenters. The number of likely N-dealkylation sites (tertiary alicyclic amines) is 1. The summed E-state index contributed by atoms with van der Waals surface area (Å²) in [5.41, 5.74) is 5.36. The molecule has 0 saturated carbocycles. The zero-order valence-electron chi connectivity index (χ0n) is 17.5. The Kier molecular flexibility index (Phi) is 6.74. The van der Waals surface area contributed by atoms with E-state index in [-0.39, 0.29) is 24.3 Å². The summed E-state index contributed by atoms with van der Waals surface area (Å²) >= 11 is 0. The fourth-order valence-electron chi connectivity index (χ4n) is 3.86. The summed E-state index contributed by atoms with van der Waals surface area (Å²) in [6, 6.07) is 10.5. The van der Waals surface area contributed by atoms with Gasteiger partial charge in [-0.3, -0.25) is 24.6 Å². The number of hydrogen-bond donors (Lipinski definition) is 2. The summed E-state index contributed by atoms with van der Waals surface area (Å²) in [6.07, 6.45) is 2.74. The van der Waals surface area contributed by atoms with E-state index < -0.39 is 10.0 Å². The molecule has 162 valence electrons. The molecule has 1 aliphatic rings. The van der Waals surface area contributed by atoms with Crippen molar-refractivity contribution in [1.82, 2.24) is 14.3 Å². The monoisotopic (exact) mass is 432 g/mol. The number of amides is 1. The first-order valence-corrected chi connectivity index (χ1v) is 11.8. The number of hydrogen-bond acceptors (Lipinski definition) is 5. The Morgan fingerprint density at radius 1 is 1.17 bits per heavy atom. The zero-order valence-corrected chi connectivity index (χ0v) is 18.3. The van der Waals surface area contributed by atoms with Crippen LogP contribution in [-0.4, -0.2) is 61.6 Å². The number of nitrogens with one attached hydrogen (secondary N) is 2. The van der Waals surface area contributed by atoms with E-state index in [4.69, 9.17) is 0 Å². The van der Waals surface area contributed by atoms with Crippen molar-refractivity contribution in [2.75, 3.05) is 31.3 Å². The first-order valence-electron chi connectivity index (χ1n) is 9.92. The van der Waals surface area contributed by atoms with Crippen molar-refractivity contribution in [3.8, 4) is 0 Å². The summed E-state index contributed by atoms with van der Waals surface area (Å²) in [7, 11) is -3.28. The third-order valence-corrected chi connectivity index (χ3v) is 6.00. The molecule has 1 aromatic heterocycles. The molecular weight excluding hydrogens is 404 g/mol. The van der Waals surface area contributed by atoms with Crippen LogP contribution in [0.5, 0.6) is 0 Å². The maximum absolute atomic E-state index is 12.9. The minimum absolute atomic E-state index is 0.0525. The van der Waals surface area contributed by atoms with Gasteiger partial charge in [-0.05, 0) is 51.4 Å². The Labute approximate surface area is 177 Å². The van der Waals surface area contributed by atoms with Gasteiger partial charge in [-0.2, -0.15) is 0 Å². The summed E-state index contributed by atoms with van der Waals surface area (Å²) < 4.78 is 27.2. The number of nitrogens with zero attached hydrogens (tertiary/aromatic N) is 2. The third-order valence-electron chi connectivity index (χ3n) is 5.23. The second-order valence-corrected chi connectivity index (χ2v) is 9.59. The second kappa shape index (κ2) is 9.11. The largest absolute Gasteiger partial charge is 0.294 e. The standard InChI is InChI=1S/C21H28N4O4S/c1-15-12-19(16(2)25(15)22-21(27)17-8-5-4-6-9-17)20(26)14-24-11-7-10-18(13-24)23-30(3,28)29/h4-6,8-9,12,18,23H,7,10-11,13-14H2,1-3H3,(H,22,27). The van der Waals surface area contributed by atoms with Crippen LogP contribution in [0.4, 0.5) is 0 Å². The quantitative estimate of drug-likeness (QED) is 0.649. The van der Waals surface area contributed by atoms with E-state index in [1.54, 1.807) is 41.9 Å². The molecule has 0 radical (unpaired) electrons. The van der Waals surface area contributed by atoms with Crippen molar-refractivity contribution < 1.29 is 18.0 Å². The Morgan fingerprint density at radius 3 is 2.53 bits per heavy atom. The van der Waals surface area contributed by atoms with Gasteiger partial charge in [-0.25, -0.2) is 13.1 Å². The van der Waals surface area contributed by atoms with Crippen LogP contribution in [0.1, 0.15) is 44.9 Å². The maximum Gasteiger partial charge on any atom is 0.270 e. The number of rotatable bonds is 7. The van der Waals surface area contributed by atoms with E-state index in [0.29, 0.717) is 23.4 Å². The number of sulfonamides is 1. The van der Waals surface area contributed by atoms with Gasteiger partial charge in [0.15, 0.2) is 5.78 Å². The van der Waals surface area contributed by atoms with Crippen molar-refractivity contribution in [3.63, 3.8) is 0 Å². The molecule has 8 nitrogen and oxygen atoms in total. The van der Waals surface area contributed by atoms with Gasteiger partial charge in [0, 0.05) is 35.1 Å². The smallest absolute Gasteiger partial charge is 0.270 e. The van der Waals surface area contributed by atoms with Crippen LogP contribution >= 0.6 is 0 Å². The van der Waals surface area contributed by atoms with Crippen LogP contribution in [0.15, 0.2) is 36.4 Å². The van der Waals surface area contributed by atoms with Crippen LogP contribution in [-0.2, 0) is 10.0 Å². The summed E-state index contributed by atoms with van der Waals surface area (Å²) in [4.78, 5) is 27.4. The van der Waals surface area contributed by atoms with E-state index >= 15 is 0 Å². The highest BCUT2D eigenvalue weighted by Crippen LogP contribution is 2.17. The number of piperidine rings is 1. The normalized spacial score (nSPS) is 17.6. The van der Waals surface area contributed by atoms with Crippen molar-refractivity contribution in [1.29, 1.82) is 0 Å². The average molecular weight is 433 g/mol. The van der Waals surface area contributed by atoms with Crippen molar-refractivity contribution in [2.24, 2.45) is 0 Å². The lowest BCUT2D eigenvalue weighted by molar-refractivity contribution is 0.0903. The van der Waals surface area contributed by atoms with Gasteiger partial charge < -0.3 is 0 Å². The van der Waals surface area contributed by atoms with Crippen molar-refractivity contribution in [3.05, 3.63) is 58.9 Å². The van der Waals surface area contributed by atoms with Crippen LogP contribution < -0.4 is 10.1 Å². The molecule has 0 spiro atoms. The average Bonchev–Trinajstić information content (AvgIpc) is 2.96. The molecule has 1 atom stereocenters. The fraction of sp³-hybridized carbons (Fsp3) is 0.429. The van der Waals surface area contributed by atoms with E-state index in [9.17, 15) is 18.0 Å². The number of carbonyl (C=O) groups is 2. The van der Waals surface area contributed by atoms with Gasteiger partial charge >= 0.3 is 0 Å². The van der Waals surface area contributed by atoms with Gasteiger partial charge in [0.2, 0.25) is 10.0 Å². The first-order chi connectivity index (χ1) is 14.1. The van der Waals surface area contributed by atoms with Gasteiger partial charge in [0.25, 0.3) is 5.91 Å². The predicted octanol–water partition coefficient (Wildman–Crippen LogP) is 1.69. The van der Waals surface area contributed by atoms with Crippen LogP contribution in [0.25, 0.3) is 0 Å². The highest BCUT2D eigenvalue weighted by molar-refractivity contribution is 7.88. The second-order valence-electron chi connectivity index (χ2n) is 7.81. The van der Waals surface area contributed by atoms with E-state index in [0.717, 1.165) is 31.3 Å². The summed E-state index contributed by atoms with van der Waals surface area (Å²) in [5, 5.41) is 0. The van der Waals surface area contributed by atoms with E-state index in [1.807, 2.05) is 17.9 Å². The lowest BCUT2D eigenvalue weighted by atomic mass is 10.1. The number of ketones is 1. The molecule has 2 aromatic rings. The Hall–Kier alpha value is -2.49.